The molecule has 0 spiro atoms. The first-order valence-electron chi connectivity index (χ1n) is 7.23. The predicted octanol–water partition coefficient (Wildman–Crippen LogP) is 5.42. The second-order valence-electron chi connectivity index (χ2n) is 6.04. The fourth-order valence-electron chi connectivity index (χ4n) is 2.26. The second kappa shape index (κ2) is 8.34. The number of unbranched alkanes of at least 4 members (excludes halogenated alkanes) is 1. The molecule has 0 rings (SSSR count). The van der Waals surface area contributed by atoms with E-state index < -0.39 is 0 Å². The molecule has 106 valence electrons. The molecule has 0 aliphatic heterocycles. The first-order chi connectivity index (χ1) is 8.38. The fraction of sp³-hybridized carbons (Fsp3) is 0.812. The highest BCUT2D eigenvalue weighted by Gasteiger charge is 2.33. The van der Waals surface area contributed by atoms with Crippen LogP contribution in [0.4, 0.5) is 0 Å². The Morgan fingerprint density at radius 1 is 1.33 bits per heavy atom. The summed E-state index contributed by atoms with van der Waals surface area (Å²) in [5.74, 6) is 0.502. The molecule has 0 aliphatic rings. The van der Waals surface area contributed by atoms with E-state index in [4.69, 9.17) is 0 Å². The molecule has 2 heteroatoms. The molecule has 2 nitrogen and oxygen atoms in total. The van der Waals surface area contributed by atoms with E-state index in [0.29, 0.717) is 5.92 Å². The largest absolute Gasteiger partial charge is 0.411 e. The summed E-state index contributed by atoms with van der Waals surface area (Å²) in [7, 11) is 0. The van der Waals surface area contributed by atoms with Gasteiger partial charge < -0.3 is 5.21 Å². The van der Waals surface area contributed by atoms with E-state index in [1.807, 2.05) is 0 Å². The van der Waals surface area contributed by atoms with Crippen molar-refractivity contribution in [3.63, 3.8) is 0 Å². The Hall–Kier alpha value is -0.790. The second-order valence-corrected chi connectivity index (χ2v) is 6.04. The Labute approximate surface area is 113 Å². The maximum absolute atomic E-state index is 9.34. The molecular formula is C16H31NO. The van der Waals surface area contributed by atoms with E-state index in [0.717, 1.165) is 25.0 Å². The van der Waals surface area contributed by atoms with Gasteiger partial charge in [-0.05, 0) is 39.0 Å². The Bertz CT molecular complexity index is 287. The standard InChI is InChI=1S/C16H31NO/c1-7-8-12-16(6,14(4)5)15(17-18)11-9-10-13(2)3/h10,14,18H,7-9,11-12H2,1-6H3/b17-15+. The third kappa shape index (κ3) is 5.24. The highest BCUT2D eigenvalue weighted by molar-refractivity contribution is 5.89. The zero-order valence-electron chi connectivity index (χ0n) is 13.1. The average molecular weight is 253 g/mol. The molecule has 1 N–H and O–H groups in total. The fourth-order valence-corrected chi connectivity index (χ4v) is 2.26. The first kappa shape index (κ1) is 17.2. The molecule has 0 radical (unpaired) electrons. The molecule has 0 aromatic carbocycles. The molecular weight excluding hydrogens is 222 g/mol. The topological polar surface area (TPSA) is 32.6 Å². The summed E-state index contributed by atoms with van der Waals surface area (Å²) in [5, 5.41) is 13.0. The quantitative estimate of drug-likeness (QED) is 0.266. The highest BCUT2D eigenvalue weighted by atomic mass is 16.4. The van der Waals surface area contributed by atoms with E-state index in [9.17, 15) is 5.21 Å². The van der Waals surface area contributed by atoms with Gasteiger partial charge in [0.2, 0.25) is 0 Å². The number of hydrogen-bond donors (Lipinski definition) is 1. The zero-order chi connectivity index (χ0) is 14.2. The van der Waals surface area contributed by atoms with Crippen LogP contribution in [0.3, 0.4) is 0 Å². The number of nitrogens with zero attached hydrogens (tertiary/aromatic N) is 1. The van der Waals surface area contributed by atoms with Crippen LogP contribution in [-0.2, 0) is 0 Å². The summed E-state index contributed by atoms with van der Waals surface area (Å²) in [6, 6.07) is 0. The van der Waals surface area contributed by atoms with Crippen molar-refractivity contribution >= 4 is 5.71 Å². The van der Waals surface area contributed by atoms with Gasteiger partial charge in [-0.25, -0.2) is 0 Å². The van der Waals surface area contributed by atoms with Crippen LogP contribution in [0.2, 0.25) is 0 Å². The van der Waals surface area contributed by atoms with Crippen molar-refractivity contribution < 1.29 is 5.21 Å². The van der Waals surface area contributed by atoms with Crippen molar-refractivity contribution in [1.82, 2.24) is 0 Å². The van der Waals surface area contributed by atoms with Crippen LogP contribution in [0.15, 0.2) is 16.8 Å². The molecule has 0 bridgehead atoms. The highest BCUT2D eigenvalue weighted by Crippen LogP contribution is 2.36. The molecule has 0 aliphatic carbocycles. The minimum atomic E-state index is 0.0280. The maximum atomic E-state index is 9.34. The lowest BCUT2D eigenvalue weighted by Gasteiger charge is -2.34. The zero-order valence-corrected chi connectivity index (χ0v) is 13.1. The lowest BCUT2D eigenvalue weighted by Crippen LogP contribution is -2.33. The van der Waals surface area contributed by atoms with Gasteiger partial charge in [0.05, 0.1) is 5.71 Å². The molecule has 1 unspecified atom stereocenters. The Kier molecular flexibility index (Phi) is 7.97. The predicted molar refractivity (Wildman–Crippen MR) is 80.4 cm³/mol. The summed E-state index contributed by atoms with van der Waals surface area (Å²) in [5.41, 5.74) is 2.32. The van der Waals surface area contributed by atoms with Crippen LogP contribution in [0, 0.1) is 11.3 Å². The Morgan fingerprint density at radius 3 is 2.33 bits per heavy atom. The third-order valence-electron chi connectivity index (χ3n) is 4.04. The number of hydrogen-bond acceptors (Lipinski definition) is 2. The molecule has 0 saturated heterocycles. The maximum Gasteiger partial charge on any atom is 0.0635 e. The van der Waals surface area contributed by atoms with Crippen LogP contribution < -0.4 is 0 Å². The molecule has 0 fully saturated rings. The van der Waals surface area contributed by atoms with Crippen molar-refractivity contribution in [3.8, 4) is 0 Å². The SMILES string of the molecule is CCCCC(C)(/C(CCC=C(C)C)=N/O)C(C)C. The molecule has 0 aromatic heterocycles. The van der Waals surface area contributed by atoms with Crippen molar-refractivity contribution in [2.75, 3.05) is 0 Å². The van der Waals surface area contributed by atoms with E-state index in [1.165, 1.54) is 18.4 Å². The molecule has 0 aromatic rings. The van der Waals surface area contributed by atoms with Gasteiger partial charge in [-0.15, -0.1) is 0 Å². The molecule has 18 heavy (non-hydrogen) atoms. The van der Waals surface area contributed by atoms with Gasteiger partial charge in [0.15, 0.2) is 0 Å². The summed E-state index contributed by atoms with van der Waals surface area (Å²) in [4.78, 5) is 0. The van der Waals surface area contributed by atoms with Crippen LogP contribution in [-0.4, -0.2) is 10.9 Å². The number of rotatable bonds is 8. The monoisotopic (exact) mass is 253 g/mol. The van der Waals surface area contributed by atoms with Crippen LogP contribution >= 0.6 is 0 Å². The first-order valence-corrected chi connectivity index (χ1v) is 7.23. The average Bonchev–Trinajstić information content (AvgIpc) is 2.31. The third-order valence-corrected chi connectivity index (χ3v) is 4.04. The van der Waals surface area contributed by atoms with Crippen LogP contribution in [0.25, 0.3) is 0 Å². The summed E-state index contributed by atoms with van der Waals surface area (Å²) < 4.78 is 0. The van der Waals surface area contributed by atoms with Crippen molar-refractivity contribution in [2.45, 2.75) is 73.6 Å². The number of allylic oxidation sites excluding steroid dienone is 2. The normalized spacial score (nSPS) is 15.6. The van der Waals surface area contributed by atoms with E-state index in [1.54, 1.807) is 0 Å². The molecule has 1 atom stereocenters. The van der Waals surface area contributed by atoms with Gasteiger partial charge in [-0.3, -0.25) is 0 Å². The lowest BCUT2D eigenvalue weighted by molar-refractivity contribution is 0.260. The van der Waals surface area contributed by atoms with E-state index >= 15 is 0 Å². The molecule has 0 amide bonds. The summed E-state index contributed by atoms with van der Waals surface area (Å²) >= 11 is 0. The van der Waals surface area contributed by atoms with Crippen LogP contribution in [0.5, 0.6) is 0 Å². The Morgan fingerprint density at radius 2 is 1.94 bits per heavy atom. The van der Waals surface area contributed by atoms with Crippen molar-refractivity contribution in [3.05, 3.63) is 11.6 Å². The minimum Gasteiger partial charge on any atom is -0.411 e. The van der Waals surface area contributed by atoms with Crippen molar-refractivity contribution in [2.24, 2.45) is 16.5 Å². The number of oxime groups is 1. The van der Waals surface area contributed by atoms with Gasteiger partial charge >= 0.3 is 0 Å². The van der Waals surface area contributed by atoms with Crippen LogP contribution in [0.1, 0.15) is 73.6 Å². The van der Waals surface area contributed by atoms with Gasteiger partial charge in [0.1, 0.15) is 0 Å². The minimum absolute atomic E-state index is 0.0280. The van der Waals surface area contributed by atoms with Gasteiger partial charge in [-0.1, -0.05) is 57.3 Å². The van der Waals surface area contributed by atoms with E-state index in [-0.39, 0.29) is 5.41 Å². The molecule has 0 heterocycles. The van der Waals surface area contributed by atoms with E-state index in [2.05, 4.69) is 52.8 Å². The Balaban J connectivity index is 4.78. The smallest absolute Gasteiger partial charge is 0.0635 e. The van der Waals surface area contributed by atoms with Gasteiger partial charge in [-0.2, -0.15) is 0 Å². The summed E-state index contributed by atoms with van der Waals surface area (Å²) in [6.07, 6.45) is 7.53. The van der Waals surface area contributed by atoms with Gasteiger partial charge in [0, 0.05) is 5.41 Å². The lowest BCUT2D eigenvalue weighted by atomic mass is 9.70. The molecule has 0 saturated carbocycles. The summed E-state index contributed by atoms with van der Waals surface area (Å²) in [6.45, 7) is 13.1. The van der Waals surface area contributed by atoms with Gasteiger partial charge in [0.25, 0.3) is 0 Å². The van der Waals surface area contributed by atoms with Crippen molar-refractivity contribution in [1.29, 1.82) is 0 Å².